The molecule has 0 radical (unpaired) electrons. The number of ether oxygens (including phenoxy) is 6. The molecule has 0 aromatic carbocycles. The highest BCUT2D eigenvalue weighted by Crippen LogP contribution is 2.43. The van der Waals surface area contributed by atoms with Crippen molar-refractivity contribution in [3.8, 4) is 0 Å². The van der Waals surface area contributed by atoms with Gasteiger partial charge in [0.1, 0.15) is 18.0 Å². The lowest BCUT2D eigenvalue weighted by Gasteiger charge is -2.37. The predicted octanol–water partition coefficient (Wildman–Crippen LogP) is 5.85. The Morgan fingerprint density at radius 3 is 1.60 bits per heavy atom. The van der Waals surface area contributed by atoms with E-state index < -0.39 is 66.1 Å². The number of esters is 1. The average Bonchev–Trinajstić information content (AvgIpc) is 1.65. The Morgan fingerprint density at radius 1 is 0.579 bits per heavy atom. The van der Waals surface area contributed by atoms with E-state index in [1.807, 2.05) is 20.8 Å². The third kappa shape index (κ3) is 38.1. The van der Waals surface area contributed by atoms with Gasteiger partial charge in [-0.25, -0.2) is 9.79 Å². The van der Waals surface area contributed by atoms with Crippen LogP contribution in [0.4, 0.5) is 4.79 Å². The third-order valence-corrected chi connectivity index (χ3v) is 17.6. The number of aliphatic imine (C=N–C) groups is 1. The number of carbonyl (C=O) groups excluding carboxylic acids is 10. The molecule has 13 N–H and O–H groups in total. The lowest BCUT2D eigenvalue weighted by molar-refractivity contribution is -0.192. The second-order valence-corrected chi connectivity index (χ2v) is 24.8. The predicted molar refractivity (Wildman–Crippen MR) is 355 cm³/mol. The van der Waals surface area contributed by atoms with E-state index in [2.05, 4.69) is 45.4 Å². The Bertz CT molecular complexity index is 2330. The fraction of sp³-hybridized carbons (Fsp3) is 0.821. The molecule has 5 amide bonds. The molecule has 2 fully saturated rings. The Kier molecular flexibility index (Phi) is 47.8. The molecule has 0 aromatic rings. The third-order valence-electron chi connectivity index (χ3n) is 17.6. The molecule has 95 heavy (non-hydrogen) atoms. The smallest absolute Gasteiger partial charge is 0.407 e. The van der Waals surface area contributed by atoms with Gasteiger partial charge in [-0.15, -0.1) is 0 Å². The number of hydrogen-bond acceptors (Lipinski definition) is 19. The van der Waals surface area contributed by atoms with Crippen LogP contribution < -0.4 is 43.8 Å². The molecule has 0 spiro atoms. The van der Waals surface area contributed by atoms with Crippen LogP contribution in [0.1, 0.15) is 215 Å². The number of nitrogens with one attached hydrogen (secondary N) is 6. The van der Waals surface area contributed by atoms with Crippen molar-refractivity contribution in [1.82, 2.24) is 26.6 Å². The van der Waals surface area contributed by atoms with Crippen LogP contribution in [0.3, 0.4) is 0 Å². The molecule has 0 heterocycles. The summed E-state index contributed by atoms with van der Waals surface area (Å²) in [6, 6.07) is -2.41. The number of guanidine groups is 1. The van der Waals surface area contributed by atoms with E-state index in [0.29, 0.717) is 117 Å². The topological polar surface area (TPSA) is 438 Å². The minimum Gasteiger partial charge on any atom is -0.481 e. The highest BCUT2D eigenvalue weighted by Gasteiger charge is 2.54. The van der Waals surface area contributed by atoms with Gasteiger partial charge in [0.2, 0.25) is 23.6 Å². The number of nitrogens with zero attached hydrogens (tertiary/aromatic N) is 1. The standard InChI is InChI=1S/C66H118N10O16.CO2/c1-8-34-87-36-38-89-40-41-90-39-37-88-35-31-57(82)75-51(27-26-49(79)23-19-15-13-18-22-33-72-66(86)91-54-29-25-48(42-55(67)68)59(54)61(73-44(6)77)46(9-2)10-3)53(80)28-30-56(81)71-32-21-17-14-16-20-24-58(83)92-63-50(64(84)85)43-52(76-65(69)70)60(63)62(74-45(7)78)47(11-4)12-5;2-1-3/h46-48,50-52,54,59-63H,8-43H2,1-7H3,(H3,67,68)(H,71,81)(H,72,86)(H,73,77)(H,74,78)(H,75,82)(H,84,85)(H4,69,70,76);/t48-,50-,51+,52+,54+,59-,60+,61+,62+,63+;/m0./s1. The Hall–Kier alpha value is -6.61. The van der Waals surface area contributed by atoms with Crippen molar-refractivity contribution in [3.05, 3.63) is 0 Å². The summed E-state index contributed by atoms with van der Waals surface area (Å²) in [7, 11) is 0. The fourth-order valence-electron chi connectivity index (χ4n) is 12.9. The number of rotatable bonds is 54. The van der Waals surface area contributed by atoms with Crippen LogP contribution >= 0.6 is 0 Å². The van der Waals surface area contributed by atoms with Crippen molar-refractivity contribution in [1.29, 1.82) is 5.41 Å². The van der Waals surface area contributed by atoms with Crippen LogP contribution in [-0.4, -0.2) is 179 Å². The van der Waals surface area contributed by atoms with Crippen molar-refractivity contribution in [2.45, 2.75) is 252 Å². The van der Waals surface area contributed by atoms with E-state index in [0.717, 1.165) is 57.8 Å². The van der Waals surface area contributed by atoms with Crippen molar-refractivity contribution in [2.75, 3.05) is 65.9 Å². The number of carboxylic acid groups (broad SMARTS) is 1. The lowest BCUT2D eigenvalue weighted by atomic mass is 9.77. The van der Waals surface area contributed by atoms with Gasteiger partial charge in [-0.3, -0.25) is 43.8 Å². The maximum Gasteiger partial charge on any atom is 0.407 e. The zero-order valence-corrected chi connectivity index (χ0v) is 58.0. The van der Waals surface area contributed by atoms with E-state index in [-0.39, 0.29) is 135 Å². The number of amides is 5. The van der Waals surface area contributed by atoms with E-state index in [9.17, 15) is 48.3 Å². The van der Waals surface area contributed by atoms with Gasteiger partial charge in [0.15, 0.2) is 11.7 Å². The largest absolute Gasteiger partial charge is 0.481 e. The van der Waals surface area contributed by atoms with Crippen molar-refractivity contribution in [3.63, 3.8) is 0 Å². The van der Waals surface area contributed by atoms with Gasteiger partial charge in [0.05, 0.1) is 70.1 Å². The average molecular weight is 1350 g/mol. The second-order valence-electron chi connectivity index (χ2n) is 24.8. The summed E-state index contributed by atoms with van der Waals surface area (Å²) in [6.45, 7) is 16.9. The van der Waals surface area contributed by atoms with Crippen LogP contribution in [-0.2, 0) is 76.4 Å². The lowest BCUT2D eigenvalue weighted by Crippen LogP contribution is -2.51. The summed E-state index contributed by atoms with van der Waals surface area (Å²) in [6.07, 6.45) is 11.3. The number of aliphatic carboxylic acids is 1. The number of carboxylic acids is 1. The number of ketones is 2. The van der Waals surface area contributed by atoms with Gasteiger partial charge in [-0.1, -0.05) is 98.8 Å². The van der Waals surface area contributed by atoms with E-state index in [1.54, 1.807) is 0 Å². The molecule has 2 aliphatic carbocycles. The fourth-order valence-corrected chi connectivity index (χ4v) is 12.9. The van der Waals surface area contributed by atoms with Gasteiger partial charge in [-0.05, 0) is 75.5 Å². The van der Waals surface area contributed by atoms with Crippen molar-refractivity contribution >= 4 is 71.2 Å². The van der Waals surface area contributed by atoms with Gasteiger partial charge in [-0.2, -0.15) is 9.59 Å². The van der Waals surface area contributed by atoms with E-state index >= 15 is 0 Å². The number of amidine groups is 1. The molecule has 544 valence electrons. The zero-order chi connectivity index (χ0) is 70.9. The van der Waals surface area contributed by atoms with Gasteiger partial charge < -0.3 is 77.3 Å². The normalized spacial score (nSPS) is 19.0. The minimum atomic E-state index is -1.15. The van der Waals surface area contributed by atoms with Crippen molar-refractivity contribution < 1.29 is 86.3 Å². The number of carbonyl (C=O) groups is 9. The first-order valence-electron chi connectivity index (χ1n) is 34.7. The van der Waals surface area contributed by atoms with Crippen LogP contribution in [0.2, 0.25) is 0 Å². The molecule has 10 atom stereocenters. The monoisotopic (exact) mass is 1350 g/mol. The van der Waals surface area contributed by atoms with Gasteiger partial charge >= 0.3 is 24.2 Å². The SMILES string of the molecule is CCCOCCOCCOCCOCCC(=O)N[C@H](CCC(=O)CCCCCCCNC(=O)O[C@@H]1CC[C@@H](CC(=N)N)[C@@H]1[C@H](NC(C)=O)C(CC)CC)C(=O)CCC(=O)NCCCCCCCC(=O)O[C@H]1[C@@H]([C@H](NC(C)=O)C(CC)CC)[C@H](N=C(N)N)C[C@@H]1C(=O)O.O=C=O. The summed E-state index contributed by atoms with van der Waals surface area (Å²) >= 11 is 0. The molecule has 28 nitrogen and oxygen atoms in total. The number of alkyl carbamates (subject to hydrolysis) is 1. The maximum atomic E-state index is 13.6. The summed E-state index contributed by atoms with van der Waals surface area (Å²) < 4.78 is 33.9. The number of unbranched alkanes of at least 4 members (excludes halogenated alkanes) is 8. The molecule has 28 heteroatoms. The molecule has 2 rings (SSSR count). The van der Waals surface area contributed by atoms with Crippen LogP contribution in [0.5, 0.6) is 0 Å². The number of Topliss-reactive ketones (excluding diaryl/α,β-unsaturated/α-hetero) is 2. The van der Waals surface area contributed by atoms with Gasteiger partial charge in [0.25, 0.3) is 0 Å². The first-order valence-corrected chi connectivity index (χ1v) is 34.7. The van der Waals surface area contributed by atoms with E-state index in [1.165, 1.54) is 13.8 Å². The molecule has 0 saturated heterocycles. The summed E-state index contributed by atoms with van der Waals surface area (Å²) in [5.41, 5.74) is 17.3. The van der Waals surface area contributed by atoms with E-state index in [4.69, 9.17) is 60.6 Å². The van der Waals surface area contributed by atoms with Crippen LogP contribution in [0.15, 0.2) is 4.99 Å². The highest BCUT2D eigenvalue weighted by molar-refractivity contribution is 5.92. The number of nitrogens with two attached hydrogens (primary N) is 3. The molecule has 0 unspecified atom stereocenters. The highest BCUT2D eigenvalue weighted by atomic mass is 16.6. The van der Waals surface area contributed by atoms with Crippen LogP contribution in [0, 0.1) is 40.9 Å². The Morgan fingerprint density at radius 2 is 1.08 bits per heavy atom. The summed E-state index contributed by atoms with van der Waals surface area (Å²) in [5.74, 6) is -5.25. The first-order chi connectivity index (χ1) is 45.5. The summed E-state index contributed by atoms with van der Waals surface area (Å²) in [4.78, 5) is 137. The molecule has 0 aliphatic heterocycles. The molecular formula is C67H118N10O18. The Labute approximate surface area is 562 Å². The van der Waals surface area contributed by atoms with Crippen LogP contribution in [0.25, 0.3) is 0 Å². The molecule has 2 saturated carbocycles. The molecular weight excluding hydrogens is 1230 g/mol. The quantitative estimate of drug-likeness (QED) is 0.0148. The molecule has 0 aromatic heterocycles. The second kappa shape index (κ2) is 52.6. The summed E-state index contributed by atoms with van der Waals surface area (Å²) in [5, 5.41) is 32.8. The molecule has 2 aliphatic rings. The first kappa shape index (κ1) is 86.4. The maximum absolute atomic E-state index is 13.6. The van der Waals surface area contributed by atoms with Gasteiger partial charge in [0, 0.05) is 102 Å². The molecule has 0 bridgehead atoms. The Balaban J connectivity index is 0.0000147. The zero-order valence-electron chi connectivity index (χ0n) is 58.0. The number of hydrogen-bond donors (Lipinski definition) is 10. The van der Waals surface area contributed by atoms with Crippen molar-refractivity contribution in [2.24, 2.45) is 57.7 Å². The minimum absolute atomic E-state index is 0.00696.